The minimum Gasteiger partial charge on any atom is -0.448 e. The van der Waals surface area contributed by atoms with Crippen LogP contribution in [0.25, 0.3) is 11.3 Å². The van der Waals surface area contributed by atoms with Gasteiger partial charge in [0, 0.05) is 44.3 Å². The molecular formula is C36H44F3N5O4. The number of alkyl halides is 3. The molecule has 1 saturated carbocycles. The third-order valence-corrected chi connectivity index (χ3v) is 10.00. The molecule has 48 heavy (non-hydrogen) atoms. The number of piperidine rings is 1. The van der Waals surface area contributed by atoms with E-state index in [4.69, 9.17) is 9.47 Å². The summed E-state index contributed by atoms with van der Waals surface area (Å²) in [5.41, 5.74) is 0.922. The number of halogens is 3. The second-order valence-electron chi connectivity index (χ2n) is 13.3. The average molecular weight is 668 g/mol. The van der Waals surface area contributed by atoms with Crippen molar-refractivity contribution in [2.45, 2.75) is 74.9 Å². The molecule has 3 heterocycles. The quantitative estimate of drug-likeness (QED) is 0.311. The summed E-state index contributed by atoms with van der Waals surface area (Å²) >= 11 is 0. The predicted octanol–water partition coefficient (Wildman–Crippen LogP) is 5.28. The Morgan fingerprint density at radius 1 is 0.979 bits per heavy atom. The first-order valence-corrected chi connectivity index (χ1v) is 16.9. The summed E-state index contributed by atoms with van der Waals surface area (Å²) in [6.45, 7) is 3.18. The number of carbonyl (C=O) groups is 2. The largest absolute Gasteiger partial charge is 0.490 e. The summed E-state index contributed by atoms with van der Waals surface area (Å²) in [5.74, 6) is -2.48. The molecule has 6 rings (SSSR count). The third-order valence-electron chi connectivity index (χ3n) is 10.00. The van der Waals surface area contributed by atoms with E-state index in [0.29, 0.717) is 56.6 Å². The predicted molar refractivity (Wildman–Crippen MR) is 174 cm³/mol. The zero-order valence-corrected chi connectivity index (χ0v) is 27.3. The maximum atomic E-state index is 14.5. The van der Waals surface area contributed by atoms with E-state index in [2.05, 4.69) is 15.2 Å². The van der Waals surface area contributed by atoms with E-state index in [1.165, 1.54) is 6.33 Å². The van der Waals surface area contributed by atoms with Crippen LogP contribution in [0.15, 0.2) is 67.0 Å². The Hall–Kier alpha value is -3.74. The first-order chi connectivity index (χ1) is 23.1. The van der Waals surface area contributed by atoms with Crippen molar-refractivity contribution in [2.75, 3.05) is 46.4 Å². The molecule has 12 heteroatoms. The molecule has 1 aromatic heterocycles. The van der Waals surface area contributed by atoms with Gasteiger partial charge in [0.25, 0.3) is 5.91 Å². The maximum absolute atomic E-state index is 14.5. The maximum Gasteiger partial charge on any atom is 0.490 e. The van der Waals surface area contributed by atoms with Crippen molar-refractivity contribution in [1.82, 2.24) is 24.7 Å². The van der Waals surface area contributed by atoms with Gasteiger partial charge in [-0.3, -0.25) is 4.79 Å². The fraction of sp³-hybridized carbons (Fsp3) is 0.528. The van der Waals surface area contributed by atoms with Crippen molar-refractivity contribution in [3.8, 4) is 11.3 Å². The fourth-order valence-corrected chi connectivity index (χ4v) is 7.42. The van der Waals surface area contributed by atoms with Crippen molar-refractivity contribution in [1.29, 1.82) is 0 Å². The van der Waals surface area contributed by atoms with Gasteiger partial charge < -0.3 is 29.2 Å². The Bertz CT molecular complexity index is 1530. The number of hydrogen-bond acceptors (Lipinski definition) is 7. The number of rotatable bonds is 9. The van der Waals surface area contributed by atoms with E-state index in [1.54, 1.807) is 4.57 Å². The number of carbonyl (C=O) groups excluding carboxylic acids is 2. The Kier molecular flexibility index (Phi) is 10.5. The lowest BCUT2D eigenvalue weighted by atomic mass is 9.79. The summed E-state index contributed by atoms with van der Waals surface area (Å²) in [6.07, 6.45) is 0.230. The lowest BCUT2D eigenvalue weighted by Gasteiger charge is -2.45. The Balaban J connectivity index is 1.38. The second kappa shape index (κ2) is 14.8. The van der Waals surface area contributed by atoms with Crippen molar-refractivity contribution in [3.63, 3.8) is 0 Å². The van der Waals surface area contributed by atoms with Crippen LogP contribution in [0, 0.1) is 0 Å². The number of ether oxygens (including phenoxy) is 2. The van der Waals surface area contributed by atoms with Gasteiger partial charge in [0.1, 0.15) is 0 Å². The molecule has 0 bridgehead atoms. The van der Waals surface area contributed by atoms with Crippen LogP contribution in [-0.2, 0) is 20.7 Å². The minimum absolute atomic E-state index is 0.119. The molecule has 258 valence electrons. The molecule has 2 aliphatic heterocycles. The first kappa shape index (κ1) is 34.1. The number of hydrogen-bond donors (Lipinski definition) is 1. The van der Waals surface area contributed by atoms with Gasteiger partial charge >= 0.3 is 12.1 Å². The van der Waals surface area contributed by atoms with Crippen LogP contribution < -0.4 is 5.32 Å². The minimum atomic E-state index is -5.17. The molecule has 3 fully saturated rings. The number of aromatic nitrogens is 2. The fourth-order valence-electron chi connectivity index (χ4n) is 7.42. The van der Waals surface area contributed by atoms with Crippen molar-refractivity contribution in [3.05, 3.63) is 78.2 Å². The number of esters is 1. The molecule has 1 amide bonds. The standard InChI is InChI=1S/C36H44F3N5O4/c1-42-19-15-29(16-20-42)47-24-35(48-34(46)36(37,38)39)17-9-8-14-30(35)44-25-41-31(32(44)27-12-6-3-7-13-27)33(45)43-21-18-40-23-28(43)22-26-10-4-2-5-11-26/h2-7,10-13,25,28-30,40H,8-9,14-24H2,1H3/t28-,30+,35+/m1/s1. The van der Waals surface area contributed by atoms with E-state index < -0.39 is 23.8 Å². The van der Waals surface area contributed by atoms with E-state index in [9.17, 15) is 22.8 Å². The number of benzene rings is 2. The molecule has 0 unspecified atom stereocenters. The number of amides is 1. The molecule has 1 N–H and O–H groups in total. The highest BCUT2D eigenvalue weighted by Gasteiger charge is 2.52. The molecular weight excluding hydrogens is 623 g/mol. The molecule has 2 saturated heterocycles. The van der Waals surface area contributed by atoms with Crippen LogP contribution >= 0.6 is 0 Å². The zero-order valence-electron chi connectivity index (χ0n) is 27.3. The monoisotopic (exact) mass is 667 g/mol. The van der Waals surface area contributed by atoms with Crippen LogP contribution in [0.1, 0.15) is 60.6 Å². The summed E-state index contributed by atoms with van der Waals surface area (Å²) in [5, 5.41) is 3.40. The lowest BCUT2D eigenvalue weighted by Crippen LogP contribution is -2.54. The zero-order chi connectivity index (χ0) is 33.7. The van der Waals surface area contributed by atoms with Gasteiger partial charge in [-0.2, -0.15) is 13.2 Å². The number of piperazine rings is 1. The van der Waals surface area contributed by atoms with Crippen molar-refractivity contribution >= 4 is 11.9 Å². The Morgan fingerprint density at radius 3 is 2.40 bits per heavy atom. The third kappa shape index (κ3) is 7.61. The van der Waals surface area contributed by atoms with Gasteiger partial charge in [0.15, 0.2) is 11.3 Å². The van der Waals surface area contributed by atoms with E-state index in [-0.39, 0.29) is 36.8 Å². The van der Waals surface area contributed by atoms with Gasteiger partial charge in [0.05, 0.1) is 30.8 Å². The van der Waals surface area contributed by atoms with Crippen molar-refractivity contribution < 1.29 is 32.2 Å². The summed E-state index contributed by atoms with van der Waals surface area (Å²) in [4.78, 5) is 35.8. The highest BCUT2D eigenvalue weighted by atomic mass is 19.4. The molecule has 1 aliphatic carbocycles. The number of nitrogens with zero attached hydrogens (tertiary/aromatic N) is 4. The van der Waals surface area contributed by atoms with Crippen LogP contribution in [0.2, 0.25) is 0 Å². The molecule has 2 aromatic carbocycles. The molecule has 3 aliphatic rings. The van der Waals surface area contributed by atoms with Gasteiger partial charge in [-0.25, -0.2) is 9.78 Å². The number of likely N-dealkylation sites (tertiary alicyclic amines) is 1. The lowest BCUT2D eigenvalue weighted by molar-refractivity contribution is -0.229. The molecule has 0 spiro atoms. The van der Waals surface area contributed by atoms with Crippen LogP contribution in [-0.4, -0.2) is 102 Å². The van der Waals surface area contributed by atoms with Crippen LogP contribution in [0.5, 0.6) is 0 Å². The number of imidazole rings is 1. The Morgan fingerprint density at radius 2 is 1.69 bits per heavy atom. The first-order valence-electron chi connectivity index (χ1n) is 16.9. The molecule has 9 nitrogen and oxygen atoms in total. The summed E-state index contributed by atoms with van der Waals surface area (Å²) in [7, 11) is 2.02. The molecule has 3 atom stereocenters. The summed E-state index contributed by atoms with van der Waals surface area (Å²) < 4.78 is 55.0. The van der Waals surface area contributed by atoms with E-state index in [1.807, 2.05) is 72.6 Å². The Labute approximate surface area is 279 Å². The molecule has 0 radical (unpaired) electrons. The highest BCUT2D eigenvalue weighted by molar-refractivity contribution is 5.98. The smallest absolute Gasteiger partial charge is 0.448 e. The number of nitrogens with one attached hydrogen (secondary N) is 1. The van der Waals surface area contributed by atoms with Gasteiger partial charge in [-0.15, -0.1) is 0 Å². The average Bonchev–Trinajstić information content (AvgIpc) is 3.53. The van der Waals surface area contributed by atoms with E-state index in [0.717, 1.165) is 31.5 Å². The SMILES string of the molecule is CN1CCC(OC[C@@]2(OC(=O)C(F)(F)F)CCCC[C@@H]2n2cnc(C(=O)N3CCNC[C@H]3Cc3ccccc3)c2-c2ccccc2)CC1. The van der Waals surface area contributed by atoms with Gasteiger partial charge in [0.2, 0.25) is 0 Å². The van der Waals surface area contributed by atoms with Gasteiger partial charge in [-0.05, 0) is 51.1 Å². The van der Waals surface area contributed by atoms with Crippen LogP contribution in [0.4, 0.5) is 13.2 Å². The normalized spacial score (nSPS) is 24.4. The van der Waals surface area contributed by atoms with E-state index >= 15 is 0 Å². The van der Waals surface area contributed by atoms with Crippen LogP contribution in [0.3, 0.4) is 0 Å². The van der Waals surface area contributed by atoms with Gasteiger partial charge in [-0.1, -0.05) is 67.1 Å². The topological polar surface area (TPSA) is 88.9 Å². The molecule has 3 aromatic rings. The highest BCUT2D eigenvalue weighted by Crippen LogP contribution is 2.45. The second-order valence-corrected chi connectivity index (χ2v) is 13.3. The summed E-state index contributed by atoms with van der Waals surface area (Å²) in [6, 6.07) is 18.4. The van der Waals surface area contributed by atoms with Crippen molar-refractivity contribution in [2.24, 2.45) is 0 Å².